The van der Waals surface area contributed by atoms with E-state index in [0.29, 0.717) is 0 Å². The summed E-state index contributed by atoms with van der Waals surface area (Å²) in [7, 11) is 3.20. The molecule has 3 heteroatoms. The molecule has 0 saturated carbocycles. The highest BCUT2D eigenvalue weighted by Crippen LogP contribution is 2.23. The van der Waals surface area contributed by atoms with Crippen LogP contribution >= 0.6 is 0 Å². The molecule has 122 valence electrons. The molecule has 0 fully saturated rings. The standard InChI is InChI=1S/C20H25NO2/c1-14-9-10-15(2)17(13-14)12-11-16-7-5-6-8-18(16)19(23-4)20(22)21-3/h5-10,13,19H,11-12H2,1-4H3,(H,21,22). The minimum atomic E-state index is -0.560. The number of benzene rings is 2. The summed E-state index contributed by atoms with van der Waals surface area (Å²) in [5.41, 5.74) is 6.04. The topological polar surface area (TPSA) is 38.3 Å². The molecule has 0 aliphatic rings. The largest absolute Gasteiger partial charge is 0.367 e. The van der Waals surface area contributed by atoms with Crippen LogP contribution in [0.1, 0.15) is 33.9 Å². The van der Waals surface area contributed by atoms with Gasteiger partial charge in [-0.3, -0.25) is 4.79 Å². The van der Waals surface area contributed by atoms with E-state index in [0.717, 1.165) is 24.0 Å². The first-order valence-corrected chi connectivity index (χ1v) is 7.95. The van der Waals surface area contributed by atoms with Crippen LogP contribution in [-0.4, -0.2) is 20.1 Å². The van der Waals surface area contributed by atoms with Gasteiger partial charge in [-0.05, 0) is 48.9 Å². The molecule has 0 aromatic heterocycles. The van der Waals surface area contributed by atoms with Crippen molar-refractivity contribution in [3.63, 3.8) is 0 Å². The first-order valence-electron chi connectivity index (χ1n) is 7.95. The van der Waals surface area contributed by atoms with E-state index in [9.17, 15) is 4.79 Å². The first-order chi connectivity index (χ1) is 11.1. The highest BCUT2D eigenvalue weighted by atomic mass is 16.5. The number of likely N-dealkylation sites (N-methyl/N-ethyl adjacent to an activating group) is 1. The highest BCUT2D eigenvalue weighted by Gasteiger charge is 2.21. The van der Waals surface area contributed by atoms with Crippen molar-refractivity contribution in [1.82, 2.24) is 5.32 Å². The van der Waals surface area contributed by atoms with E-state index in [2.05, 4.69) is 43.4 Å². The van der Waals surface area contributed by atoms with Gasteiger partial charge in [-0.1, -0.05) is 48.0 Å². The summed E-state index contributed by atoms with van der Waals surface area (Å²) in [4.78, 5) is 12.0. The fourth-order valence-electron chi connectivity index (χ4n) is 2.86. The Labute approximate surface area is 138 Å². The van der Waals surface area contributed by atoms with E-state index in [4.69, 9.17) is 4.74 Å². The van der Waals surface area contributed by atoms with Gasteiger partial charge in [-0.15, -0.1) is 0 Å². The summed E-state index contributed by atoms with van der Waals surface area (Å²) in [5, 5.41) is 2.67. The Balaban J connectivity index is 2.23. The molecule has 1 N–H and O–H groups in total. The molecule has 0 aliphatic heterocycles. The number of amides is 1. The third-order valence-electron chi connectivity index (χ3n) is 4.23. The van der Waals surface area contributed by atoms with Crippen molar-refractivity contribution in [2.75, 3.05) is 14.2 Å². The van der Waals surface area contributed by atoms with E-state index in [-0.39, 0.29) is 5.91 Å². The van der Waals surface area contributed by atoms with Crippen LogP contribution in [-0.2, 0) is 22.4 Å². The van der Waals surface area contributed by atoms with E-state index in [1.807, 2.05) is 18.2 Å². The average molecular weight is 311 g/mol. The van der Waals surface area contributed by atoms with Gasteiger partial charge in [0.1, 0.15) is 0 Å². The maximum Gasteiger partial charge on any atom is 0.253 e. The molecule has 0 radical (unpaired) electrons. The quantitative estimate of drug-likeness (QED) is 0.886. The number of rotatable bonds is 6. The number of carbonyl (C=O) groups is 1. The third kappa shape index (κ3) is 4.20. The zero-order valence-corrected chi connectivity index (χ0v) is 14.3. The van der Waals surface area contributed by atoms with Gasteiger partial charge >= 0.3 is 0 Å². The van der Waals surface area contributed by atoms with Crippen molar-refractivity contribution in [2.45, 2.75) is 32.8 Å². The Bertz CT molecular complexity index is 679. The lowest BCUT2D eigenvalue weighted by molar-refractivity contribution is -0.130. The van der Waals surface area contributed by atoms with Gasteiger partial charge in [0.25, 0.3) is 5.91 Å². The second-order valence-electron chi connectivity index (χ2n) is 5.86. The number of methoxy groups -OCH3 is 1. The Morgan fingerprint density at radius 2 is 1.78 bits per heavy atom. The smallest absolute Gasteiger partial charge is 0.253 e. The maximum absolute atomic E-state index is 12.0. The van der Waals surface area contributed by atoms with Crippen LogP contribution in [0.15, 0.2) is 42.5 Å². The zero-order chi connectivity index (χ0) is 16.8. The fraction of sp³-hybridized carbons (Fsp3) is 0.350. The van der Waals surface area contributed by atoms with Crippen LogP contribution in [0.2, 0.25) is 0 Å². The third-order valence-corrected chi connectivity index (χ3v) is 4.23. The van der Waals surface area contributed by atoms with Gasteiger partial charge < -0.3 is 10.1 Å². The molecular formula is C20H25NO2. The van der Waals surface area contributed by atoms with Gasteiger partial charge in [-0.2, -0.15) is 0 Å². The summed E-state index contributed by atoms with van der Waals surface area (Å²) < 4.78 is 5.41. The summed E-state index contributed by atoms with van der Waals surface area (Å²) in [5.74, 6) is -0.119. The lowest BCUT2D eigenvalue weighted by Crippen LogP contribution is -2.27. The monoisotopic (exact) mass is 311 g/mol. The molecule has 1 atom stereocenters. The van der Waals surface area contributed by atoms with Crippen molar-refractivity contribution in [2.24, 2.45) is 0 Å². The lowest BCUT2D eigenvalue weighted by Gasteiger charge is -2.18. The number of hydrogen-bond donors (Lipinski definition) is 1. The van der Waals surface area contributed by atoms with E-state index in [1.165, 1.54) is 16.7 Å². The summed E-state index contributed by atoms with van der Waals surface area (Å²) in [6, 6.07) is 14.6. The second-order valence-corrected chi connectivity index (χ2v) is 5.86. The number of nitrogens with one attached hydrogen (secondary N) is 1. The molecule has 0 spiro atoms. The van der Waals surface area contributed by atoms with Gasteiger partial charge in [0.05, 0.1) is 0 Å². The summed E-state index contributed by atoms with van der Waals surface area (Å²) in [6.45, 7) is 4.26. The van der Waals surface area contributed by atoms with Crippen molar-refractivity contribution in [3.8, 4) is 0 Å². The molecule has 2 aromatic carbocycles. The number of aryl methyl sites for hydroxylation is 4. The van der Waals surface area contributed by atoms with Crippen LogP contribution in [0.25, 0.3) is 0 Å². The van der Waals surface area contributed by atoms with Gasteiger partial charge in [0.15, 0.2) is 6.10 Å². The summed E-state index contributed by atoms with van der Waals surface area (Å²) >= 11 is 0. The molecule has 1 amide bonds. The van der Waals surface area contributed by atoms with Crippen molar-refractivity contribution in [1.29, 1.82) is 0 Å². The van der Waals surface area contributed by atoms with E-state index < -0.39 is 6.10 Å². The predicted molar refractivity (Wildman–Crippen MR) is 93.6 cm³/mol. The van der Waals surface area contributed by atoms with Crippen LogP contribution in [0, 0.1) is 13.8 Å². The van der Waals surface area contributed by atoms with Crippen LogP contribution in [0.5, 0.6) is 0 Å². The van der Waals surface area contributed by atoms with Crippen molar-refractivity contribution < 1.29 is 9.53 Å². The molecule has 0 heterocycles. The van der Waals surface area contributed by atoms with Gasteiger partial charge in [-0.25, -0.2) is 0 Å². The number of ether oxygens (including phenoxy) is 1. The molecule has 2 aromatic rings. The first kappa shape index (κ1) is 17.2. The SMILES string of the molecule is CNC(=O)C(OC)c1ccccc1CCc1cc(C)ccc1C. The van der Waals surface area contributed by atoms with Crippen molar-refractivity contribution >= 4 is 5.91 Å². The Kier molecular flexibility index (Phi) is 5.94. The van der Waals surface area contributed by atoms with Crippen LogP contribution < -0.4 is 5.32 Å². The number of hydrogen-bond acceptors (Lipinski definition) is 2. The molecule has 3 nitrogen and oxygen atoms in total. The highest BCUT2D eigenvalue weighted by molar-refractivity contribution is 5.82. The number of carbonyl (C=O) groups excluding carboxylic acids is 1. The van der Waals surface area contributed by atoms with E-state index >= 15 is 0 Å². The predicted octanol–water partition coefficient (Wildman–Crippen LogP) is 3.52. The normalized spacial score (nSPS) is 12.0. The molecule has 2 rings (SSSR count). The Morgan fingerprint density at radius 1 is 1.09 bits per heavy atom. The van der Waals surface area contributed by atoms with Crippen molar-refractivity contribution in [3.05, 3.63) is 70.3 Å². The molecule has 1 unspecified atom stereocenters. The Hall–Kier alpha value is -2.13. The maximum atomic E-state index is 12.0. The summed E-state index contributed by atoms with van der Waals surface area (Å²) in [6.07, 6.45) is 1.28. The van der Waals surface area contributed by atoms with Crippen LogP contribution in [0.4, 0.5) is 0 Å². The molecule has 23 heavy (non-hydrogen) atoms. The van der Waals surface area contributed by atoms with E-state index in [1.54, 1.807) is 14.2 Å². The molecule has 0 bridgehead atoms. The van der Waals surface area contributed by atoms with Gasteiger partial charge in [0, 0.05) is 14.2 Å². The minimum absolute atomic E-state index is 0.119. The van der Waals surface area contributed by atoms with Crippen LogP contribution in [0.3, 0.4) is 0 Å². The zero-order valence-electron chi connectivity index (χ0n) is 14.3. The fourth-order valence-corrected chi connectivity index (χ4v) is 2.86. The molecule has 0 aliphatic carbocycles. The average Bonchev–Trinajstić information content (AvgIpc) is 2.57. The molecule has 0 saturated heterocycles. The Morgan fingerprint density at radius 3 is 2.48 bits per heavy atom. The second kappa shape index (κ2) is 7.93. The van der Waals surface area contributed by atoms with Gasteiger partial charge in [0.2, 0.25) is 0 Å². The lowest BCUT2D eigenvalue weighted by atomic mass is 9.94. The molecular weight excluding hydrogens is 286 g/mol. The minimum Gasteiger partial charge on any atom is -0.367 e.